The van der Waals surface area contributed by atoms with E-state index in [1.165, 1.54) is 0 Å². The maximum atomic E-state index is 11.7. The molecule has 5 heteroatoms. The molecule has 19 heavy (non-hydrogen) atoms. The van der Waals surface area contributed by atoms with Gasteiger partial charge in [-0.05, 0) is 31.7 Å². The Hall–Kier alpha value is -1.10. The quantitative estimate of drug-likeness (QED) is 0.732. The number of carboxylic acid groups (broad SMARTS) is 1. The van der Waals surface area contributed by atoms with E-state index in [1.54, 1.807) is 0 Å². The predicted molar refractivity (Wildman–Crippen MR) is 73.9 cm³/mol. The van der Waals surface area contributed by atoms with E-state index in [9.17, 15) is 14.7 Å². The zero-order valence-electron chi connectivity index (χ0n) is 12.2. The Balaban J connectivity index is 2.35. The molecule has 1 fully saturated rings. The van der Waals surface area contributed by atoms with Crippen LogP contribution in [0.4, 0.5) is 0 Å². The van der Waals surface area contributed by atoms with Gasteiger partial charge in [0.25, 0.3) is 0 Å². The fraction of sp³-hybridized carbons (Fsp3) is 0.857. The normalized spacial score (nSPS) is 23.8. The zero-order chi connectivity index (χ0) is 14.5. The first-order valence-electron chi connectivity index (χ1n) is 7.12. The standard InChI is InChI=1S/C14H26N2O3/c1-4-14(13(18)19)6-8-16(10-14)9-12(17)15-7-5-11(2)3/h11H,4-10H2,1-3H3,(H,15,17)(H,18,19). The summed E-state index contributed by atoms with van der Waals surface area (Å²) >= 11 is 0. The molecule has 1 saturated heterocycles. The Bertz CT molecular complexity index is 331. The van der Waals surface area contributed by atoms with Crippen LogP contribution in [0.2, 0.25) is 0 Å². The Morgan fingerprint density at radius 1 is 1.42 bits per heavy atom. The highest BCUT2D eigenvalue weighted by atomic mass is 16.4. The lowest BCUT2D eigenvalue weighted by molar-refractivity contribution is -0.148. The van der Waals surface area contributed by atoms with Crippen LogP contribution in [0.1, 0.15) is 40.0 Å². The van der Waals surface area contributed by atoms with E-state index in [1.807, 2.05) is 11.8 Å². The van der Waals surface area contributed by atoms with Crippen LogP contribution in [-0.2, 0) is 9.59 Å². The second-order valence-corrected chi connectivity index (χ2v) is 5.93. The summed E-state index contributed by atoms with van der Waals surface area (Å²) in [6, 6.07) is 0. The molecule has 0 radical (unpaired) electrons. The number of rotatable bonds is 7. The summed E-state index contributed by atoms with van der Waals surface area (Å²) in [6.07, 6.45) is 2.23. The van der Waals surface area contributed by atoms with Crippen molar-refractivity contribution in [2.75, 3.05) is 26.2 Å². The molecule has 0 aromatic heterocycles. The van der Waals surface area contributed by atoms with E-state index in [-0.39, 0.29) is 5.91 Å². The highest BCUT2D eigenvalue weighted by Gasteiger charge is 2.43. The molecule has 1 rings (SSSR count). The number of aliphatic carboxylic acids is 1. The lowest BCUT2D eigenvalue weighted by Crippen LogP contribution is -2.39. The van der Waals surface area contributed by atoms with Gasteiger partial charge < -0.3 is 10.4 Å². The molecule has 110 valence electrons. The van der Waals surface area contributed by atoms with E-state index in [0.29, 0.717) is 44.9 Å². The maximum absolute atomic E-state index is 11.7. The first kappa shape index (κ1) is 16.0. The van der Waals surface area contributed by atoms with Crippen LogP contribution in [-0.4, -0.2) is 48.1 Å². The van der Waals surface area contributed by atoms with Crippen molar-refractivity contribution in [3.05, 3.63) is 0 Å². The van der Waals surface area contributed by atoms with E-state index < -0.39 is 11.4 Å². The van der Waals surface area contributed by atoms with Crippen LogP contribution in [0.5, 0.6) is 0 Å². The van der Waals surface area contributed by atoms with E-state index in [4.69, 9.17) is 0 Å². The van der Waals surface area contributed by atoms with Gasteiger partial charge >= 0.3 is 5.97 Å². The van der Waals surface area contributed by atoms with Gasteiger partial charge in [0.05, 0.1) is 12.0 Å². The van der Waals surface area contributed by atoms with E-state index >= 15 is 0 Å². The van der Waals surface area contributed by atoms with Crippen LogP contribution in [0.3, 0.4) is 0 Å². The maximum Gasteiger partial charge on any atom is 0.310 e. The van der Waals surface area contributed by atoms with Crippen molar-refractivity contribution in [3.8, 4) is 0 Å². The average molecular weight is 270 g/mol. The fourth-order valence-corrected chi connectivity index (χ4v) is 2.47. The minimum atomic E-state index is -0.738. The third-order valence-electron chi connectivity index (χ3n) is 3.97. The molecule has 1 amide bonds. The van der Waals surface area contributed by atoms with E-state index in [2.05, 4.69) is 19.2 Å². The second-order valence-electron chi connectivity index (χ2n) is 5.93. The number of nitrogens with zero attached hydrogens (tertiary/aromatic N) is 1. The molecule has 2 N–H and O–H groups in total. The van der Waals surface area contributed by atoms with Crippen molar-refractivity contribution < 1.29 is 14.7 Å². The lowest BCUT2D eigenvalue weighted by atomic mass is 9.84. The van der Waals surface area contributed by atoms with Crippen molar-refractivity contribution in [1.82, 2.24) is 10.2 Å². The van der Waals surface area contributed by atoms with Gasteiger partial charge in [0.1, 0.15) is 0 Å². The number of nitrogens with one attached hydrogen (secondary N) is 1. The van der Waals surface area contributed by atoms with E-state index in [0.717, 1.165) is 6.42 Å². The van der Waals surface area contributed by atoms with Crippen LogP contribution in [0.25, 0.3) is 0 Å². The number of carbonyl (C=O) groups excluding carboxylic acids is 1. The molecule has 1 aliphatic heterocycles. The van der Waals surface area contributed by atoms with Gasteiger partial charge in [-0.3, -0.25) is 14.5 Å². The van der Waals surface area contributed by atoms with Gasteiger partial charge in [-0.1, -0.05) is 20.8 Å². The summed E-state index contributed by atoms with van der Waals surface area (Å²) in [5.74, 6) is -0.164. The zero-order valence-corrected chi connectivity index (χ0v) is 12.2. The monoisotopic (exact) mass is 270 g/mol. The molecule has 0 aromatic carbocycles. The first-order valence-corrected chi connectivity index (χ1v) is 7.12. The molecule has 0 aromatic rings. The average Bonchev–Trinajstić information content (AvgIpc) is 2.73. The molecule has 5 nitrogen and oxygen atoms in total. The SMILES string of the molecule is CCC1(C(=O)O)CCN(CC(=O)NCCC(C)C)C1. The minimum absolute atomic E-state index is 0.00191. The van der Waals surface area contributed by atoms with Crippen molar-refractivity contribution in [2.24, 2.45) is 11.3 Å². The van der Waals surface area contributed by atoms with Gasteiger partial charge in [-0.2, -0.15) is 0 Å². The number of amides is 1. The minimum Gasteiger partial charge on any atom is -0.481 e. The van der Waals surface area contributed by atoms with Gasteiger partial charge in [-0.15, -0.1) is 0 Å². The number of hydrogen-bond donors (Lipinski definition) is 2. The molecule has 0 spiro atoms. The summed E-state index contributed by atoms with van der Waals surface area (Å²) < 4.78 is 0. The summed E-state index contributed by atoms with van der Waals surface area (Å²) in [7, 11) is 0. The molecule has 0 bridgehead atoms. The van der Waals surface area contributed by atoms with Gasteiger partial charge in [0.2, 0.25) is 5.91 Å². The molecular weight excluding hydrogens is 244 g/mol. The van der Waals surface area contributed by atoms with Gasteiger partial charge in [0.15, 0.2) is 0 Å². The summed E-state index contributed by atoms with van der Waals surface area (Å²) in [5.41, 5.74) is -0.655. The van der Waals surface area contributed by atoms with Gasteiger partial charge in [0, 0.05) is 13.1 Å². The van der Waals surface area contributed by atoms with Crippen molar-refractivity contribution in [3.63, 3.8) is 0 Å². The Labute approximate surface area is 115 Å². The van der Waals surface area contributed by atoms with Crippen LogP contribution in [0.15, 0.2) is 0 Å². The Morgan fingerprint density at radius 2 is 2.11 bits per heavy atom. The predicted octanol–water partition coefficient (Wildman–Crippen LogP) is 1.34. The highest BCUT2D eigenvalue weighted by molar-refractivity contribution is 5.79. The van der Waals surface area contributed by atoms with Crippen molar-refractivity contribution in [1.29, 1.82) is 0 Å². The fourth-order valence-electron chi connectivity index (χ4n) is 2.47. The molecule has 0 saturated carbocycles. The summed E-state index contributed by atoms with van der Waals surface area (Å²) in [4.78, 5) is 25.0. The second kappa shape index (κ2) is 6.89. The third-order valence-corrected chi connectivity index (χ3v) is 3.97. The summed E-state index contributed by atoms with van der Waals surface area (Å²) in [6.45, 7) is 8.33. The molecule has 0 aliphatic carbocycles. The molecule has 1 atom stereocenters. The Morgan fingerprint density at radius 3 is 2.58 bits per heavy atom. The summed E-state index contributed by atoms with van der Waals surface area (Å²) in [5, 5.41) is 12.2. The third kappa shape index (κ3) is 4.49. The van der Waals surface area contributed by atoms with Crippen LogP contribution < -0.4 is 5.32 Å². The topological polar surface area (TPSA) is 69.6 Å². The number of carboxylic acids is 1. The van der Waals surface area contributed by atoms with Crippen LogP contribution in [0, 0.1) is 11.3 Å². The molecule has 1 aliphatic rings. The lowest BCUT2D eigenvalue weighted by Gasteiger charge is -2.22. The molecule has 1 heterocycles. The largest absolute Gasteiger partial charge is 0.481 e. The molecular formula is C14H26N2O3. The van der Waals surface area contributed by atoms with Crippen molar-refractivity contribution in [2.45, 2.75) is 40.0 Å². The smallest absolute Gasteiger partial charge is 0.310 e. The van der Waals surface area contributed by atoms with Gasteiger partial charge in [-0.25, -0.2) is 0 Å². The Kier molecular flexibility index (Phi) is 5.79. The number of carbonyl (C=O) groups is 2. The number of likely N-dealkylation sites (tertiary alicyclic amines) is 1. The van der Waals surface area contributed by atoms with Crippen molar-refractivity contribution >= 4 is 11.9 Å². The highest BCUT2D eigenvalue weighted by Crippen LogP contribution is 2.33. The number of hydrogen-bond acceptors (Lipinski definition) is 3. The molecule has 1 unspecified atom stereocenters. The van der Waals surface area contributed by atoms with Crippen LogP contribution >= 0.6 is 0 Å². The first-order chi connectivity index (χ1) is 8.89.